The van der Waals surface area contributed by atoms with Crippen LogP contribution in [0.5, 0.6) is 0 Å². The Morgan fingerprint density at radius 3 is 1.16 bits per heavy atom. The van der Waals surface area contributed by atoms with E-state index >= 15 is 0 Å². The topological polar surface area (TPSA) is 54.0 Å². The maximum absolute atomic E-state index is 14.2. The number of ether oxygens (including phenoxy) is 4. The normalized spacial score (nSPS) is 12.2. The van der Waals surface area contributed by atoms with Crippen LogP contribution in [0.4, 0.5) is 0 Å². The second kappa shape index (κ2) is 12.7. The van der Waals surface area contributed by atoms with Crippen LogP contribution in [0.2, 0.25) is 10.0 Å². The van der Waals surface area contributed by atoms with Crippen LogP contribution < -0.4 is 0 Å². The van der Waals surface area contributed by atoms with Gasteiger partial charge in [-0.05, 0) is 63.1 Å². The minimum Gasteiger partial charge on any atom is -0.343 e. The molecule has 0 aromatic heterocycles. The molecule has 0 unspecified atom stereocenters. The highest BCUT2D eigenvalue weighted by Gasteiger charge is 2.54. The molecule has 0 radical (unpaired) electrons. The Labute approximate surface area is 200 Å². The molecule has 176 valence electrons. The number of ketones is 1. The maximum Gasteiger partial charge on any atom is 0.251 e. The zero-order valence-electron chi connectivity index (χ0n) is 19.2. The van der Waals surface area contributed by atoms with Crippen LogP contribution in [0.1, 0.15) is 38.8 Å². The van der Waals surface area contributed by atoms with Crippen molar-refractivity contribution in [2.75, 3.05) is 26.4 Å². The van der Waals surface area contributed by atoms with Gasteiger partial charge in [0.15, 0.2) is 0 Å². The Morgan fingerprint density at radius 1 is 0.625 bits per heavy atom. The Balaban J connectivity index is 2.54. The fraction of sp³-hybridized carbons (Fsp3) is 0.480. The first-order chi connectivity index (χ1) is 15.3. The summed E-state index contributed by atoms with van der Waals surface area (Å²) in [7, 11) is 0. The second-order valence-electron chi connectivity index (χ2n) is 7.17. The molecule has 0 fully saturated rings. The number of benzene rings is 2. The Bertz CT molecular complexity index is 755. The molecule has 0 aliphatic carbocycles. The van der Waals surface area contributed by atoms with Gasteiger partial charge >= 0.3 is 0 Å². The molecular formula is C25H32Cl2O5. The lowest BCUT2D eigenvalue weighted by molar-refractivity contribution is -0.275. The molecule has 0 bridgehead atoms. The van der Waals surface area contributed by atoms with Crippen LogP contribution >= 0.6 is 23.2 Å². The summed E-state index contributed by atoms with van der Waals surface area (Å²) in [5.41, 5.74) is 1.69. The minimum absolute atomic E-state index is 0.188. The summed E-state index contributed by atoms with van der Waals surface area (Å²) in [5.74, 6) is -3.59. The summed E-state index contributed by atoms with van der Waals surface area (Å²) >= 11 is 12.1. The zero-order valence-corrected chi connectivity index (χ0v) is 20.7. The van der Waals surface area contributed by atoms with Crippen molar-refractivity contribution < 1.29 is 23.7 Å². The molecule has 0 aliphatic heterocycles. The van der Waals surface area contributed by atoms with E-state index < -0.39 is 17.4 Å². The van der Waals surface area contributed by atoms with Crippen molar-refractivity contribution >= 4 is 29.0 Å². The summed E-state index contributed by atoms with van der Waals surface area (Å²) in [5, 5.41) is 1.22. The van der Waals surface area contributed by atoms with Crippen molar-refractivity contribution in [2.45, 2.75) is 52.1 Å². The molecule has 0 amide bonds. The standard InChI is InChI=1S/C25H32Cl2O5/c1-5-29-24(30-6-2,17-19-9-13-21(26)14-10-19)23(28)25(31-7-3,32-8-4)18-20-11-15-22(27)16-12-20/h9-16H,5-8,17-18H2,1-4H3. The lowest BCUT2D eigenvalue weighted by atomic mass is 9.91. The first-order valence-corrected chi connectivity index (χ1v) is 11.7. The van der Waals surface area contributed by atoms with E-state index in [-0.39, 0.29) is 39.3 Å². The fourth-order valence-corrected chi connectivity index (χ4v) is 3.93. The van der Waals surface area contributed by atoms with Gasteiger partial charge in [-0.15, -0.1) is 0 Å². The van der Waals surface area contributed by atoms with E-state index in [2.05, 4.69) is 0 Å². The third kappa shape index (κ3) is 6.77. The molecule has 0 atom stereocenters. The van der Waals surface area contributed by atoms with Gasteiger partial charge in [-0.3, -0.25) is 4.79 Å². The molecular weight excluding hydrogens is 451 g/mol. The second-order valence-corrected chi connectivity index (χ2v) is 8.05. The van der Waals surface area contributed by atoms with Crippen LogP contribution in [-0.4, -0.2) is 43.8 Å². The third-order valence-electron chi connectivity index (χ3n) is 4.90. The molecule has 0 spiro atoms. The lowest BCUT2D eigenvalue weighted by Crippen LogP contribution is -2.60. The van der Waals surface area contributed by atoms with E-state index in [4.69, 9.17) is 42.1 Å². The molecule has 2 aromatic rings. The van der Waals surface area contributed by atoms with Gasteiger partial charge in [-0.2, -0.15) is 0 Å². The van der Waals surface area contributed by atoms with Crippen molar-refractivity contribution in [3.63, 3.8) is 0 Å². The van der Waals surface area contributed by atoms with Crippen molar-refractivity contribution in [3.8, 4) is 0 Å². The predicted molar refractivity (Wildman–Crippen MR) is 127 cm³/mol. The van der Waals surface area contributed by atoms with Gasteiger partial charge in [0.05, 0.1) is 0 Å². The highest BCUT2D eigenvalue weighted by atomic mass is 35.5. The molecule has 2 rings (SSSR count). The van der Waals surface area contributed by atoms with Gasteiger partial charge in [-0.25, -0.2) is 0 Å². The molecule has 0 aliphatic rings. The molecule has 32 heavy (non-hydrogen) atoms. The molecule has 0 N–H and O–H groups in total. The third-order valence-corrected chi connectivity index (χ3v) is 5.41. The number of halogens is 2. The van der Waals surface area contributed by atoms with Crippen LogP contribution in [0.3, 0.4) is 0 Å². The highest BCUT2D eigenvalue weighted by molar-refractivity contribution is 6.30. The van der Waals surface area contributed by atoms with E-state index in [1.54, 1.807) is 24.3 Å². The van der Waals surface area contributed by atoms with Crippen LogP contribution in [-0.2, 0) is 36.6 Å². The SMILES string of the molecule is CCOC(Cc1ccc(Cl)cc1)(OCC)C(=O)C(Cc1ccc(Cl)cc1)(OCC)OCC. The summed E-state index contributed by atoms with van der Waals surface area (Å²) in [6.45, 7) is 8.39. The van der Waals surface area contributed by atoms with E-state index in [0.29, 0.717) is 10.0 Å². The van der Waals surface area contributed by atoms with Gasteiger partial charge in [0.1, 0.15) is 0 Å². The van der Waals surface area contributed by atoms with Crippen molar-refractivity contribution in [3.05, 3.63) is 69.7 Å². The molecule has 0 saturated heterocycles. The number of hydrogen-bond donors (Lipinski definition) is 0. The van der Waals surface area contributed by atoms with Crippen molar-refractivity contribution in [1.82, 2.24) is 0 Å². The lowest BCUT2D eigenvalue weighted by Gasteiger charge is -2.40. The number of carbonyl (C=O) groups excluding carboxylic acids is 1. The minimum atomic E-state index is -1.59. The van der Waals surface area contributed by atoms with E-state index in [0.717, 1.165) is 11.1 Å². The van der Waals surface area contributed by atoms with Crippen molar-refractivity contribution in [1.29, 1.82) is 0 Å². The van der Waals surface area contributed by atoms with Crippen LogP contribution in [0.25, 0.3) is 0 Å². The van der Waals surface area contributed by atoms with Gasteiger partial charge in [0.25, 0.3) is 5.78 Å². The molecule has 7 heteroatoms. The number of carbonyl (C=O) groups is 1. The maximum atomic E-state index is 14.2. The van der Waals surface area contributed by atoms with Gasteiger partial charge in [0.2, 0.25) is 11.6 Å². The quantitative estimate of drug-likeness (QED) is 0.314. The zero-order chi connectivity index (χ0) is 23.6. The summed E-state index contributed by atoms with van der Waals surface area (Å²) in [6, 6.07) is 14.5. The predicted octanol–water partition coefficient (Wildman–Crippen LogP) is 5.89. The number of Topliss-reactive ketones (excluding diaryl/α,β-unsaturated/α-hetero) is 1. The van der Waals surface area contributed by atoms with Gasteiger partial charge < -0.3 is 18.9 Å². The van der Waals surface area contributed by atoms with Crippen molar-refractivity contribution in [2.24, 2.45) is 0 Å². The van der Waals surface area contributed by atoms with E-state index in [9.17, 15) is 4.79 Å². The number of rotatable bonds is 14. The van der Waals surface area contributed by atoms with E-state index in [1.165, 1.54) is 0 Å². The molecule has 5 nitrogen and oxygen atoms in total. The summed E-state index contributed by atoms with van der Waals surface area (Å²) in [4.78, 5) is 14.2. The highest BCUT2D eigenvalue weighted by Crippen LogP contribution is 2.33. The summed E-state index contributed by atoms with van der Waals surface area (Å²) < 4.78 is 24.1. The molecule has 0 saturated carbocycles. The molecule has 2 aromatic carbocycles. The fourth-order valence-electron chi connectivity index (χ4n) is 3.67. The Hall–Kier alpha value is -1.47. The molecule has 0 heterocycles. The largest absolute Gasteiger partial charge is 0.343 e. The summed E-state index contributed by atoms with van der Waals surface area (Å²) in [6.07, 6.45) is 0.375. The van der Waals surface area contributed by atoms with Gasteiger partial charge in [0, 0.05) is 49.3 Å². The van der Waals surface area contributed by atoms with E-state index in [1.807, 2.05) is 52.0 Å². The average molecular weight is 483 g/mol. The van der Waals surface area contributed by atoms with Crippen LogP contribution in [0.15, 0.2) is 48.5 Å². The van der Waals surface area contributed by atoms with Gasteiger partial charge in [-0.1, -0.05) is 47.5 Å². The van der Waals surface area contributed by atoms with Crippen LogP contribution in [0, 0.1) is 0 Å². The Kier molecular flexibility index (Phi) is 10.6. The monoisotopic (exact) mass is 482 g/mol. The average Bonchev–Trinajstić information content (AvgIpc) is 2.77. The Morgan fingerprint density at radius 2 is 0.906 bits per heavy atom. The first-order valence-electron chi connectivity index (χ1n) is 10.9. The smallest absolute Gasteiger partial charge is 0.251 e. The first kappa shape index (κ1) is 26.8. The number of hydrogen-bond acceptors (Lipinski definition) is 5.